The predicted octanol–water partition coefficient (Wildman–Crippen LogP) is 1.05. The molecule has 2 aliphatic rings. The highest BCUT2D eigenvalue weighted by molar-refractivity contribution is 5.97. The van der Waals surface area contributed by atoms with Gasteiger partial charge in [0, 0.05) is 18.0 Å². The molecule has 2 fully saturated rings. The Labute approximate surface area is 139 Å². The number of nitrogens with zero attached hydrogens (tertiary/aromatic N) is 1. The summed E-state index contributed by atoms with van der Waals surface area (Å²) in [6.45, 7) is 0.445. The smallest absolute Gasteiger partial charge is 0.251 e. The van der Waals surface area contributed by atoms with Crippen molar-refractivity contribution in [2.24, 2.45) is 0 Å². The van der Waals surface area contributed by atoms with Crippen LogP contribution in [0, 0.1) is 0 Å². The molecule has 8 heteroatoms. The fraction of sp³-hybridized carbons (Fsp3) is 0.500. The maximum absolute atomic E-state index is 12.3. The maximum atomic E-state index is 12.3. The molecule has 2 aromatic rings. The van der Waals surface area contributed by atoms with Crippen LogP contribution in [0.3, 0.4) is 0 Å². The lowest BCUT2D eigenvalue weighted by molar-refractivity contribution is 0.0949. The van der Waals surface area contributed by atoms with Gasteiger partial charge in [0.05, 0.1) is 0 Å². The number of aromatic nitrogens is 1. The van der Waals surface area contributed by atoms with Crippen LogP contribution < -0.4 is 27.2 Å². The number of hydrazine groups is 3. The molecule has 4 rings (SSSR count). The fourth-order valence-corrected chi connectivity index (χ4v) is 3.29. The van der Waals surface area contributed by atoms with Gasteiger partial charge in [-0.25, -0.2) is 15.8 Å². The Morgan fingerprint density at radius 3 is 2.79 bits per heavy atom. The van der Waals surface area contributed by atoms with Crippen LogP contribution in [-0.2, 0) is 0 Å². The van der Waals surface area contributed by atoms with Crippen LogP contribution in [0.25, 0.3) is 11.1 Å². The Kier molecular flexibility index (Phi) is 4.44. The second-order valence-corrected chi connectivity index (χ2v) is 6.37. The normalized spacial score (nSPS) is 19.8. The molecule has 0 radical (unpaired) electrons. The van der Waals surface area contributed by atoms with E-state index in [-0.39, 0.29) is 12.1 Å². The highest BCUT2D eigenvalue weighted by atomic mass is 16.3. The summed E-state index contributed by atoms with van der Waals surface area (Å²) in [5.74, 6) is 1.10. The number of nitrogens with one attached hydrogen (secondary N) is 5. The molecule has 1 aliphatic carbocycles. The van der Waals surface area contributed by atoms with Crippen molar-refractivity contribution in [2.45, 2.75) is 44.2 Å². The molecule has 24 heavy (non-hydrogen) atoms. The third-order valence-electron chi connectivity index (χ3n) is 4.64. The molecule has 2 heterocycles. The monoisotopic (exact) mass is 330 g/mol. The Morgan fingerprint density at radius 2 is 2.00 bits per heavy atom. The SMILES string of the molecule is O=C(NCC1NNNN1)c1ccc2nc(C3CCCCC3)oc2c1. The van der Waals surface area contributed by atoms with Crippen molar-refractivity contribution in [1.29, 1.82) is 0 Å². The van der Waals surface area contributed by atoms with Gasteiger partial charge in [0.2, 0.25) is 0 Å². The van der Waals surface area contributed by atoms with E-state index in [2.05, 4.69) is 32.2 Å². The minimum Gasteiger partial charge on any atom is -0.440 e. The molecule has 8 nitrogen and oxygen atoms in total. The van der Waals surface area contributed by atoms with Crippen LogP contribution in [-0.4, -0.2) is 23.6 Å². The summed E-state index contributed by atoms with van der Waals surface area (Å²) in [6, 6.07) is 5.42. The van der Waals surface area contributed by atoms with Crippen molar-refractivity contribution in [3.05, 3.63) is 29.7 Å². The van der Waals surface area contributed by atoms with E-state index in [0.29, 0.717) is 23.6 Å². The van der Waals surface area contributed by atoms with Gasteiger partial charge in [-0.1, -0.05) is 19.3 Å². The van der Waals surface area contributed by atoms with Gasteiger partial charge in [-0.15, -0.1) is 0 Å². The number of rotatable bonds is 4. The quantitative estimate of drug-likeness (QED) is 0.571. The van der Waals surface area contributed by atoms with Crippen LogP contribution in [0.5, 0.6) is 0 Å². The van der Waals surface area contributed by atoms with Crippen LogP contribution >= 0.6 is 0 Å². The van der Waals surface area contributed by atoms with Gasteiger partial charge < -0.3 is 9.73 Å². The maximum Gasteiger partial charge on any atom is 0.251 e. The zero-order chi connectivity index (χ0) is 16.4. The first kappa shape index (κ1) is 15.5. The first-order chi connectivity index (χ1) is 11.8. The van der Waals surface area contributed by atoms with E-state index in [0.717, 1.165) is 24.2 Å². The molecule has 1 aliphatic heterocycles. The largest absolute Gasteiger partial charge is 0.440 e. The Morgan fingerprint density at radius 1 is 1.21 bits per heavy atom. The number of carbonyl (C=O) groups excluding carboxylic acids is 1. The summed E-state index contributed by atoms with van der Waals surface area (Å²) in [7, 11) is 0. The molecule has 1 saturated heterocycles. The van der Waals surface area contributed by atoms with Gasteiger partial charge in [0.25, 0.3) is 5.91 Å². The van der Waals surface area contributed by atoms with Gasteiger partial charge in [-0.05, 0) is 31.0 Å². The van der Waals surface area contributed by atoms with Gasteiger partial charge in [-0.2, -0.15) is 11.1 Å². The standard InChI is InChI=1S/C16H22N6O2/c23-15(17-9-14-19-21-22-20-14)11-6-7-12-13(8-11)24-16(18-12)10-4-2-1-3-5-10/h6-8,10,14,19-22H,1-5,9H2,(H,17,23). The topological polar surface area (TPSA) is 103 Å². The van der Waals surface area contributed by atoms with Gasteiger partial charge in [-0.3, -0.25) is 4.79 Å². The molecule has 128 valence electrons. The summed E-state index contributed by atoms with van der Waals surface area (Å²) < 4.78 is 5.94. The first-order valence-electron chi connectivity index (χ1n) is 8.49. The lowest BCUT2D eigenvalue weighted by Crippen LogP contribution is -2.44. The average Bonchev–Trinajstić information content (AvgIpc) is 3.29. The van der Waals surface area contributed by atoms with Crippen molar-refractivity contribution >= 4 is 17.0 Å². The van der Waals surface area contributed by atoms with Crippen molar-refractivity contribution in [3.63, 3.8) is 0 Å². The summed E-state index contributed by atoms with van der Waals surface area (Å²) in [5, 5.41) is 2.87. The molecule has 0 spiro atoms. The number of hydrogen-bond acceptors (Lipinski definition) is 7. The molecule has 1 saturated carbocycles. The van der Waals surface area contributed by atoms with Crippen molar-refractivity contribution in [2.75, 3.05) is 6.54 Å². The van der Waals surface area contributed by atoms with Crippen LogP contribution in [0.2, 0.25) is 0 Å². The third-order valence-corrected chi connectivity index (χ3v) is 4.64. The number of hydrogen-bond donors (Lipinski definition) is 5. The molecule has 1 aromatic heterocycles. The number of carbonyl (C=O) groups is 1. The van der Waals surface area contributed by atoms with Crippen molar-refractivity contribution < 1.29 is 9.21 Å². The minimum atomic E-state index is -0.136. The summed E-state index contributed by atoms with van der Waals surface area (Å²) in [6.07, 6.45) is 6.00. The number of fused-ring (bicyclic) bond motifs is 1. The van der Waals surface area contributed by atoms with Gasteiger partial charge in [0.15, 0.2) is 11.5 Å². The summed E-state index contributed by atoms with van der Waals surface area (Å²) in [5.41, 5.74) is 13.3. The van der Waals surface area contributed by atoms with E-state index < -0.39 is 0 Å². The van der Waals surface area contributed by atoms with Crippen LogP contribution in [0.4, 0.5) is 0 Å². The number of amides is 1. The molecule has 1 amide bonds. The Balaban J connectivity index is 1.46. The van der Waals surface area contributed by atoms with Crippen LogP contribution in [0.1, 0.15) is 54.3 Å². The molecular formula is C16H22N6O2. The minimum absolute atomic E-state index is 0.0686. The average molecular weight is 330 g/mol. The Bertz CT molecular complexity index is 718. The number of benzene rings is 1. The zero-order valence-electron chi connectivity index (χ0n) is 13.4. The second-order valence-electron chi connectivity index (χ2n) is 6.37. The fourth-order valence-electron chi connectivity index (χ4n) is 3.29. The second kappa shape index (κ2) is 6.86. The van der Waals surface area contributed by atoms with Gasteiger partial charge >= 0.3 is 0 Å². The molecule has 0 bridgehead atoms. The number of oxazole rings is 1. The lowest BCUT2D eigenvalue weighted by Gasteiger charge is -2.17. The van der Waals surface area contributed by atoms with E-state index in [1.165, 1.54) is 19.3 Å². The Hall–Kier alpha value is -2.00. The third kappa shape index (κ3) is 3.27. The van der Waals surface area contributed by atoms with Gasteiger partial charge in [0.1, 0.15) is 11.7 Å². The lowest BCUT2D eigenvalue weighted by atomic mass is 9.89. The molecule has 1 aromatic carbocycles. The van der Waals surface area contributed by atoms with E-state index in [1.54, 1.807) is 12.1 Å². The summed E-state index contributed by atoms with van der Waals surface area (Å²) >= 11 is 0. The predicted molar refractivity (Wildman–Crippen MR) is 88.5 cm³/mol. The van der Waals surface area contributed by atoms with E-state index >= 15 is 0 Å². The van der Waals surface area contributed by atoms with Crippen molar-refractivity contribution in [3.8, 4) is 0 Å². The van der Waals surface area contributed by atoms with Crippen LogP contribution in [0.15, 0.2) is 22.6 Å². The first-order valence-corrected chi connectivity index (χ1v) is 8.49. The zero-order valence-corrected chi connectivity index (χ0v) is 13.4. The highest BCUT2D eigenvalue weighted by Crippen LogP contribution is 2.33. The molecule has 0 atom stereocenters. The van der Waals surface area contributed by atoms with E-state index in [9.17, 15) is 4.79 Å². The summed E-state index contributed by atoms with van der Waals surface area (Å²) in [4.78, 5) is 16.9. The van der Waals surface area contributed by atoms with Crippen molar-refractivity contribution in [1.82, 2.24) is 32.2 Å². The molecule has 5 N–H and O–H groups in total. The van der Waals surface area contributed by atoms with E-state index in [4.69, 9.17) is 4.42 Å². The molecule has 0 unspecified atom stereocenters. The molecular weight excluding hydrogens is 308 g/mol. The van der Waals surface area contributed by atoms with E-state index in [1.807, 2.05) is 6.07 Å². The highest BCUT2D eigenvalue weighted by Gasteiger charge is 2.21.